The number of ether oxygens (including phenoxy) is 1. The van der Waals surface area contributed by atoms with E-state index in [9.17, 15) is 19.2 Å². The number of nitrogens with zero attached hydrogens (tertiary/aromatic N) is 6. The van der Waals surface area contributed by atoms with E-state index in [0.717, 1.165) is 38.8 Å². The number of aromatic nitrogens is 2. The van der Waals surface area contributed by atoms with Gasteiger partial charge in [-0.15, -0.1) is 12.4 Å². The molecule has 4 atom stereocenters. The van der Waals surface area contributed by atoms with Gasteiger partial charge in [-0.2, -0.15) is 5.10 Å². The number of nitrogens with one attached hydrogen (secondary N) is 3. The van der Waals surface area contributed by atoms with E-state index in [-0.39, 0.29) is 86.0 Å². The van der Waals surface area contributed by atoms with E-state index >= 15 is 0 Å². The predicted octanol–water partition coefficient (Wildman–Crippen LogP) is -0.666. The van der Waals surface area contributed by atoms with Gasteiger partial charge in [0.25, 0.3) is 5.91 Å². The highest BCUT2D eigenvalue weighted by molar-refractivity contribution is 5.93. The second kappa shape index (κ2) is 17.8. The van der Waals surface area contributed by atoms with E-state index < -0.39 is 11.9 Å². The Labute approximate surface area is 270 Å². The maximum Gasteiger partial charge on any atom is 0.271 e. The summed E-state index contributed by atoms with van der Waals surface area (Å²) >= 11 is 0. The summed E-state index contributed by atoms with van der Waals surface area (Å²) in [5, 5.41) is 12.2. The first-order chi connectivity index (χ1) is 21.2. The van der Waals surface area contributed by atoms with Crippen molar-refractivity contribution in [2.75, 3.05) is 52.4 Å². The van der Waals surface area contributed by atoms with Crippen LogP contribution in [0.15, 0.2) is 23.7 Å². The lowest BCUT2D eigenvalue weighted by molar-refractivity contribution is -0.140. The molecule has 45 heavy (non-hydrogen) atoms. The van der Waals surface area contributed by atoms with Gasteiger partial charge < -0.3 is 36.3 Å². The molecule has 1 aromatic rings. The average molecular weight is 651 g/mol. The van der Waals surface area contributed by atoms with Crippen LogP contribution in [0.2, 0.25) is 0 Å². The maximum absolute atomic E-state index is 13.9. The Balaban J connectivity index is 0.00000552. The number of hydrogen-bond donors (Lipinski definition) is 4. The summed E-state index contributed by atoms with van der Waals surface area (Å²) in [6.07, 6.45) is 9.26. The van der Waals surface area contributed by atoms with Crippen LogP contribution in [0.1, 0.15) is 56.4 Å². The van der Waals surface area contributed by atoms with E-state index in [1.807, 2.05) is 23.6 Å². The molecule has 2 saturated heterocycles. The number of carbonyl (C=O) groups is 4. The van der Waals surface area contributed by atoms with Crippen molar-refractivity contribution >= 4 is 42.4 Å². The van der Waals surface area contributed by atoms with Crippen LogP contribution < -0.4 is 21.8 Å². The van der Waals surface area contributed by atoms with Crippen molar-refractivity contribution < 1.29 is 23.9 Å². The zero-order chi connectivity index (χ0) is 31.5. The number of morpholine rings is 1. The number of hydrogen-bond acceptors (Lipinski definition) is 10. The minimum Gasteiger partial charge on any atom is -0.373 e. The van der Waals surface area contributed by atoms with Crippen molar-refractivity contribution in [1.82, 2.24) is 40.6 Å². The van der Waals surface area contributed by atoms with Gasteiger partial charge in [0.1, 0.15) is 18.1 Å². The molecule has 0 aromatic carbocycles. The molecule has 4 amide bonds. The van der Waals surface area contributed by atoms with Crippen LogP contribution in [0.5, 0.6) is 0 Å². The fraction of sp³-hybridized carbons (Fsp3) is 0.690. The summed E-state index contributed by atoms with van der Waals surface area (Å²) in [5.74, 6) is 4.16. The SMILES string of the molecule is CC1CN(CC(=O)NC(CC(=O)NC[C@@H]2CCCN(C=NN)C2)C(=O)N(CCNC(=O)c2cnccn2)C2CC2)C[C@H](C)O1.Cl. The molecule has 1 saturated carbocycles. The third kappa shape index (κ3) is 11.7. The van der Waals surface area contributed by atoms with Gasteiger partial charge in [0.15, 0.2) is 0 Å². The summed E-state index contributed by atoms with van der Waals surface area (Å²) in [7, 11) is 0. The van der Waals surface area contributed by atoms with E-state index in [1.165, 1.54) is 18.6 Å². The summed E-state index contributed by atoms with van der Waals surface area (Å²) < 4.78 is 5.77. The Morgan fingerprint density at radius 2 is 1.87 bits per heavy atom. The lowest BCUT2D eigenvalue weighted by atomic mass is 9.98. The van der Waals surface area contributed by atoms with Crippen molar-refractivity contribution in [3.8, 4) is 0 Å². The third-order valence-electron chi connectivity index (χ3n) is 7.96. The van der Waals surface area contributed by atoms with E-state index in [2.05, 4.69) is 31.0 Å². The van der Waals surface area contributed by atoms with Crippen LogP contribution in [-0.4, -0.2) is 131 Å². The Morgan fingerprint density at radius 1 is 1.11 bits per heavy atom. The van der Waals surface area contributed by atoms with Crippen LogP contribution in [0.25, 0.3) is 0 Å². The summed E-state index contributed by atoms with van der Waals surface area (Å²) in [6, 6.07) is -1.04. The summed E-state index contributed by atoms with van der Waals surface area (Å²) in [5.41, 5.74) is 0.182. The minimum atomic E-state index is -1.04. The fourth-order valence-corrected chi connectivity index (χ4v) is 5.89. The largest absolute Gasteiger partial charge is 0.373 e. The van der Waals surface area contributed by atoms with Crippen molar-refractivity contribution in [2.45, 2.75) is 70.2 Å². The molecule has 250 valence electrons. The minimum absolute atomic E-state index is 0. The lowest BCUT2D eigenvalue weighted by Crippen LogP contribution is -2.55. The van der Waals surface area contributed by atoms with Crippen LogP contribution in [0.4, 0.5) is 0 Å². The number of halogens is 1. The van der Waals surface area contributed by atoms with E-state index in [4.69, 9.17) is 10.6 Å². The molecule has 0 spiro atoms. The molecule has 3 aliphatic rings. The highest BCUT2D eigenvalue weighted by Crippen LogP contribution is 2.27. The second-order valence-corrected chi connectivity index (χ2v) is 12.0. The molecular weight excluding hydrogens is 604 g/mol. The first kappa shape index (κ1) is 35.9. The zero-order valence-electron chi connectivity index (χ0n) is 26.1. The number of hydrazone groups is 1. The number of likely N-dealkylation sites (tertiary alicyclic amines) is 1. The van der Waals surface area contributed by atoms with E-state index in [1.54, 1.807) is 11.2 Å². The molecule has 1 aliphatic carbocycles. The normalized spacial score (nSPS) is 22.6. The standard InChI is InChI=1S/C29H46N10O5.ClH/c1-20-15-38(16-21(2)44-20)18-27(41)36-24(12-26(40)34-13-22-4-3-10-37(17-22)19-35-30)29(43)39(23-5-6-23)11-9-33-28(42)25-14-31-7-8-32-25;/h7-8,14,19-24H,3-6,9-13,15-18,30H2,1-2H3,(H,33,42)(H,34,40)(H,36,41);1H/t20-,21?,22-,24?;/m0./s1. The molecule has 0 bridgehead atoms. The Morgan fingerprint density at radius 3 is 2.53 bits per heavy atom. The number of carbonyl (C=O) groups excluding carboxylic acids is 4. The van der Waals surface area contributed by atoms with Gasteiger partial charge in [-0.1, -0.05) is 0 Å². The predicted molar refractivity (Wildman–Crippen MR) is 169 cm³/mol. The number of piperidine rings is 1. The highest BCUT2D eigenvalue weighted by atomic mass is 35.5. The number of amides is 4. The molecule has 4 rings (SSSR count). The van der Waals surface area contributed by atoms with E-state index in [0.29, 0.717) is 19.6 Å². The van der Waals surface area contributed by atoms with Crippen LogP contribution in [0, 0.1) is 5.92 Å². The van der Waals surface area contributed by atoms with Crippen molar-refractivity contribution in [3.05, 3.63) is 24.3 Å². The van der Waals surface area contributed by atoms with Gasteiger partial charge in [0.2, 0.25) is 17.7 Å². The van der Waals surface area contributed by atoms with Gasteiger partial charge >= 0.3 is 0 Å². The lowest BCUT2D eigenvalue weighted by Gasteiger charge is -2.35. The quantitative estimate of drug-likeness (QED) is 0.0871. The Bertz CT molecular complexity index is 1150. The molecular formula is C29H47ClN10O5. The molecule has 3 heterocycles. The molecule has 2 aliphatic heterocycles. The fourth-order valence-electron chi connectivity index (χ4n) is 5.89. The van der Waals surface area contributed by atoms with Crippen molar-refractivity contribution in [1.29, 1.82) is 0 Å². The summed E-state index contributed by atoms with van der Waals surface area (Å²) in [6.45, 7) is 7.70. The van der Waals surface area contributed by atoms with Crippen molar-refractivity contribution in [2.24, 2.45) is 16.9 Å². The Kier molecular flexibility index (Phi) is 14.2. The molecule has 1 aromatic heterocycles. The molecule has 16 heteroatoms. The van der Waals surface area contributed by atoms with Gasteiger partial charge in [-0.25, -0.2) is 4.98 Å². The topological polar surface area (TPSA) is 187 Å². The average Bonchev–Trinajstić information content (AvgIpc) is 3.83. The van der Waals surface area contributed by atoms with Crippen LogP contribution in [0.3, 0.4) is 0 Å². The van der Waals surface area contributed by atoms with Crippen molar-refractivity contribution in [3.63, 3.8) is 0 Å². The van der Waals surface area contributed by atoms with Gasteiger partial charge in [-0.05, 0) is 45.4 Å². The molecule has 3 fully saturated rings. The second-order valence-electron chi connectivity index (χ2n) is 12.0. The smallest absolute Gasteiger partial charge is 0.271 e. The monoisotopic (exact) mass is 650 g/mol. The maximum atomic E-state index is 13.9. The highest BCUT2D eigenvalue weighted by Gasteiger charge is 2.37. The molecule has 0 radical (unpaired) electrons. The van der Waals surface area contributed by atoms with Gasteiger partial charge in [-0.3, -0.25) is 29.1 Å². The zero-order valence-corrected chi connectivity index (χ0v) is 26.9. The molecule has 15 nitrogen and oxygen atoms in total. The third-order valence-corrected chi connectivity index (χ3v) is 7.96. The molecule has 5 N–H and O–H groups in total. The number of rotatable bonds is 14. The summed E-state index contributed by atoms with van der Waals surface area (Å²) in [4.78, 5) is 66.3. The first-order valence-electron chi connectivity index (χ1n) is 15.5. The first-order valence-corrected chi connectivity index (χ1v) is 15.5. The van der Waals surface area contributed by atoms with Gasteiger partial charge in [0.05, 0.1) is 31.4 Å². The number of nitrogens with two attached hydrogens (primary N) is 1. The Hall–Kier alpha value is -3.56. The molecule has 2 unspecified atom stereocenters. The van der Waals surface area contributed by atoms with Crippen LogP contribution in [-0.2, 0) is 19.1 Å². The van der Waals surface area contributed by atoms with Gasteiger partial charge in [0, 0.05) is 64.2 Å². The van der Waals surface area contributed by atoms with Crippen LogP contribution >= 0.6 is 12.4 Å².